The number of benzene rings is 1. The first-order chi connectivity index (χ1) is 12.5. The van der Waals surface area contributed by atoms with E-state index in [4.69, 9.17) is 0 Å². The topological polar surface area (TPSA) is 52.7 Å². The molecule has 1 saturated carbocycles. The monoisotopic (exact) mass is 363 g/mol. The third-order valence-corrected chi connectivity index (χ3v) is 5.96. The Balaban J connectivity index is 1.36. The van der Waals surface area contributed by atoms with Crippen LogP contribution in [0.3, 0.4) is 0 Å². The minimum atomic E-state index is -0.654. The van der Waals surface area contributed by atoms with Crippen LogP contribution in [-0.2, 0) is 4.79 Å². The van der Waals surface area contributed by atoms with Gasteiger partial charge in [0.1, 0.15) is 11.6 Å². The lowest BCUT2D eigenvalue weighted by Gasteiger charge is -2.47. The Morgan fingerprint density at radius 2 is 1.88 bits per heavy atom. The minimum Gasteiger partial charge on any atom is -0.339 e. The Hall–Kier alpha value is -2.18. The maximum atomic E-state index is 13.7. The first kappa shape index (κ1) is 17.2. The lowest BCUT2D eigenvalue weighted by atomic mass is 9.72. The van der Waals surface area contributed by atoms with Gasteiger partial charge >= 0.3 is 6.03 Å². The van der Waals surface area contributed by atoms with E-state index in [0.717, 1.165) is 56.8 Å². The summed E-state index contributed by atoms with van der Waals surface area (Å²) < 4.78 is 27.0. The van der Waals surface area contributed by atoms with Gasteiger partial charge in [-0.15, -0.1) is 0 Å². The molecule has 0 atom stereocenters. The van der Waals surface area contributed by atoms with Crippen molar-refractivity contribution in [3.8, 4) is 0 Å². The Bertz CT molecular complexity index is 727. The molecule has 1 spiro atoms. The van der Waals surface area contributed by atoms with Crippen LogP contribution in [0.5, 0.6) is 0 Å². The summed E-state index contributed by atoms with van der Waals surface area (Å²) in [5, 5.41) is 2.46. The molecular weight excluding hydrogens is 340 g/mol. The number of nitrogens with zero attached hydrogens (tertiary/aromatic N) is 2. The number of hydrogen-bond acceptors (Lipinski definition) is 2. The lowest BCUT2D eigenvalue weighted by Crippen LogP contribution is -2.53. The molecule has 0 unspecified atom stereocenters. The molecule has 2 heterocycles. The van der Waals surface area contributed by atoms with Crippen LogP contribution in [0.4, 0.5) is 19.3 Å². The zero-order valence-corrected chi connectivity index (χ0v) is 14.6. The highest BCUT2D eigenvalue weighted by Crippen LogP contribution is 2.43. The quantitative estimate of drug-likeness (QED) is 0.876. The van der Waals surface area contributed by atoms with Crippen molar-refractivity contribution in [3.63, 3.8) is 0 Å². The van der Waals surface area contributed by atoms with E-state index >= 15 is 0 Å². The second kappa shape index (κ2) is 6.52. The molecule has 1 aliphatic carbocycles. The number of rotatable bonds is 2. The van der Waals surface area contributed by atoms with Crippen molar-refractivity contribution < 1.29 is 18.4 Å². The Morgan fingerprint density at radius 3 is 2.58 bits per heavy atom. The van der Waals surface area contributed by atoms with Gasteiger partial charge in [0.15, 0.2) is 0 Å². The Labute approximate surface area is 151 Å². The maximum Gasteiger partial charge on any atom is 0.321 e. The van der Waals surface area contributed by atoms with Gasteiger partial charge in [0.2, 0.25) is 5.91 Å². The van der Waals surface area contributed by atoms with Crippen LogP contribution >= 0.6 is 0 Å². The number of halogens is 2. The molecule has 1 aromatic rings. The van der Waals surface area contributed by atoms with Gasteiger partial charge < -0.3 is 15.1 Å². The van der Waals surface area contributed by atoms with Gasteiger partial charge in [0, 0.05) is 38.2 Å². The van der Waals surface area contributed by atoms with Gasteiger partial charge in [0.25, 0.3) is 0 Å². The molecule has 1 N–H and O–H groups in total. The standard InChI is InChI=1S/C19H23F2N3O2/c20-13-1-4-15(21)16(11-13)22-18(26)23-9-7-19(8-10-23)6-5-17(25)24(12-19)14-2-3-14/h1,4,11,14H,2-3,5-10,12H2,(H,22,26). The molecule has 2 saturated heterocycles. The molecule has 140 valence electrons. The van der Waals surface area contributed by atoms with Crippen molar-refractivity contribution in [2.75, 3.05) is 25.0 Å². The summed E-state index contributed by atoms with van der Waals surface area (Å²) in [5.74, 6) is -0.981. The zero-order valence-electron chi connectivity index (χ0n) is 14.6. The smallest absolute Gasteiger partial charge is 0.321 e. The average molecular weight is 363 g/mol. The van der Waals surface area contributed by atoms with Gasteiger partial charge in [-0.05, 0) is 49.7 Å². The predicted octanol–water partition coefficient (Wildman–Crippen LogP) is 3.36. The highest BCUT2D eigenvalue weighted by molar-refractivity contribution is 5.89. The second-order valence-corrected chi connectivity index (χ2v) is 7.79. The molecule has 0 radical (unpaired) electrons. The first-order valence-corrected chi connectivity index (χ1v) is 9.26. The first-order valence-electron chi connectivity index (χ1n) is 9.26. The maximum absolute atomic E-state index is 13.7. The zero-order chi connectivity index (χ0) is 18.3. The minimum absolute atomic E-state index is 0.0946. The van der Waals surface area contributed by atoms with E-state index in [1.807, 2.05) is 4.90 Å². The van der Waals surface area contributed by atoms with Gasteiger partial charge in [-0.25, -0.2) is 13.6 Å². The second-order valence-electron chi connectivity index (χ2n) is 7.79. The van der Waals surface area contributed by atoms with Crippen molar-refractivity contribution in [2.45, 2.75) is 44.6 Å². The van der Waals surface area contributed by atoms with E-state index in [0.29, 0.717) is 25.6 Å². The Kier molecular flexibility index (Phi) is 4.32. The van der Waals surface area contributed by atoms with Crippen molar-refractivity contribution >= 4 is 17.6 Å². The molecular formula is C19H23F2N3O2. The van der Waals surface area contributed by atoms with Crippen molar-refractivity contribution in [2.24, 2.45) is 5.41 Å². The number of likely N-dealkylation sites (tertiary alicyclic amines) is 2. The van der Waals surface area contributed by atoms with Crippen molar-refractivity contribution in [1.29, 1.82) is 0 Å². The fourth-order valence-electron chi connectivity index (χ4n) is 4.14. The Morgan fingerprint density at radius 1 is 1.15 bits per heavy atom. The molecule has 2 aliphatic heterocycles. The summed E-state index contributed by atoms with van der Waals surface area (Å²) in [6.07, 6.45) is 5.36. The van der Waals surface area contributed by atoms with Crippen LogP contribution < -0.4 is 5.32 Å². The fourth-order valence-corrected chi connectivity index (χ4v) is 4.14. The predicted molar refractivity (Wildman–Crippen MR) is 92.6 cm³/mol. The molecule has 26 heavy (non-hydrogen) atoms. The molecule has 4 rings (SSSR count). The average Bonchev–Trinajstić information content (AvgIpc) is 3.46. The number of nitrogens with one attached hydrogen (secondary N) is 1. The molecule has 1 aromatic carbocycles. The van der Waals surface area contributed by atoms with Gasteiger partial charge in [-0.1, -0.05) is 0 Å². The highest BCUT2D eigenvalue weighted by atomic mass is 19.1. The van der Waals surface area contributed by atoms with Crippen molar-refractivity contribution in [3.05, 3.63) is 29.8 Å². The fraction of sp³-hybridized carbons (Fsp3) is 0.579. The summed E-state index contributed by atoms with van der Waals surface area (Å²) in [5.41, 5.74) is -0.0457. The van der Waals surface area contributed by atoms with E-state index in [-0.39, 0.29) is 17.0 Å². The number of anilines is 1. The molecule has 3 fully saturated rings. The number of piperidine rings is 2. The van der Waals surface area contributed by atoms with E-state index in [1.165, 1.54) is 0 Å². The highest BCUT2D eigenvalue weighted by Gasteiger charge is 2.45. The largest absolute Gasteiger partial charge is 0.339 e. The third-order valence-electron chi connectivity index (χ3n) is 5.96. The summed E-state index contributed by atoms with van der Waals surface area (Å²) >= 11 is 0. The van der Waals surface area contributed by atoms with E-state index in [9.17, 15) is 18.4 Å². The van der Waals surface area contributed by atoms with E-state index < -0.39 is 17.7 Å². The lowest BCUT2D eigenvalue weighted by molar-refractivity contribution is -0.139. The molecule has 7 heteroatoms. The SMILES string of the molecule is O=C(Nc1cc(F)ccc1F)N1CCC2(CCC(=O)N(C3CC3)C2)CC1. The van der Waals surface area contributed by atoms with Crippen LogP contribution in [-0.4, -0.2) is 47.4 Å². The third kappa shape index (κ3) is 3.39. The van der Waals surface area contributed by atoms with Crippen LogP contribution in [0.1, 0.15) is 38.5 Å². The summed E-state index contributed by atoms with van der Waals surface area (Å²) in [7, 11) is 0. The van der Waals surface area contributed by atoms with E-state index in [2.05, 4.69) is 5.32 Å². The molecule has 3 amide bonds. The summed E-state index contributed by atoms with van der Waals surface area (Å²) in [6.45, 7) is 1.93. The van der Waals surface area contributed by atoms with Crippen molar-refractivity contribution in [1.82, 2.24) is 9.80 Å². The number of carbonyl (C=O) groups is 2. The normalized spacial score (nSPS) is 22.6. The molecule has 5 nitrogen and oxygen atoms in total. The molecule has 3 aliphatic rings. The summed E-state index contributed by atoms with van der Waals surface area (Å²) in [6, 6.07) is 3.03. The number of urea groups is 1. The van der Waals surface area contributed by atoms with Crippen LogP contribution in [0.2, 0.25) is 0 Å². The number of carbonyl (C=O) groups excluding carboxylic acids is 2. The van der Waals surface area contributed by atoms with Crippen LogP contribution in [0, 0.1) is 17.0 Å². The number of hydrogen-bond donors (Lipinski definition) is 1. The van der Waals surface area contributed by atoms with Crippen LogP contribution in [0.15, 0.2) is 18.2 Å². The summed E-state index contributed by atoms with van der Waals surface area (Å²) in [4.78, 5) is 28.2. The van der Waals surface area contributed by atoms with Crippen LogP contribution in [0.25, 0.3) is 0 Å². The van der Waals surface area contributed by atoms with E-state index in [1.54, 1.807) is 4.90 Å². The van der Waals surface area contributed by atoms with Gasteiger partial charge in [0.05, 0.1) is 5.69 Å². The van der Waals surface area contributed by atoms with Gasteiger partial charge in [-0.3, -0.25) is 4.79 Å². The number of amides is 3. The molecule has 0 bridgehead atoms. The van der Waals surface area contributed by atoms with Gasteiger partial charge in [-0.2, -0.15) is 0 Å². The molecule has 0 aromatic heterocycles.